The molecule has 0 aromatic carbocycles. The fraction of sp³-hybridized carbons (Fsp3) is 0.545. The van der Waals surface area contributed by atoms with Gasteiger partial charge in [0.2, 0.25) is 0 Å². The minimum absolute atomic E-state index is 0.201. The first-order chi connectivity index (χ1) is 6.74. The molecule has 0 spiro atoms. The maximum absolute atomic E-state index is 8.96. The lowest BCUT2D eigenvalue weighted by molar-refractivity contribution is 0.261. The van der Waals surface area contributed by atoms with Crippen LogP contribution in [0.15, 0.2) is 24.5 Å². The summed E-state index contributed by atoms with van der Waals surface area (Å²) in [5.74, 6) is 0. The van der Waals surface area contributed by atoms with Crippen LogP contribution >= 0.6 is 0 Å². The van der Waals surface area contributed by atoms with Crippen molar-refractivity contribution in [1.29, 1.82) is 0 Å². The van der Waals surface area contributed by atoms with Gasteiger partial charge in [-0.1, -0.05) is 13.8 Å². The number of nitrogens with one attached hydrogen (secondary N) is 1. The fourth-order valence-corrected chi connectivity index (χ4v) is 1.47. The van der Waals surface area contributed by atoms with Gasteiger partial charge in [-0.25, -0.2) is 0 Å². The van der Waals surface area contributed by atoms with Gasteiger partial charge in [0.05, 0.1) is 0 Å². The topological polar surface area (TPSA) is 45.1 Å². The number of aliphatic hydroxyl groups is 1. The molecule has 0 saturated carbocycles. The van der Waals surface area contributed by atoms with Gasteiger partial charge in [-0.15, -0.1) is 0 Å². The third kappa shape index (κ3) is 3.44. The Morgan fingerprint density at radius 3 is 2.50 bits per heavy atom. The number of pyridine rings is 1. The van der Waals surface area contributed by atoms with Crippen LogP contribution in [0.2, 0.25) is 0 Å². The van der Waals surface area contributed by atoms with Crippen LogP contribution in [0.5, 0.6) is 0 Å². The van der Waals surface area contributed by atoms with Crippen molar-refractivity contribution in [3.63, 3.8) is 0 Å². The zero-order valence-corrected chi connectivity index (χ0v) is 8.77. The SMILES string of the molecule is CC(C)NC(CCO)c1ccncc1. The van der Waals surface area contributed by atoms with Gasteiger partial charge >= 0.3 is 0 Å². The second kappa shape index (κ2) is 5.73. The van der Waals surface area contributed by atoms with Crippen LogP contribution in [0, 0.1) is 0 Å². The van der Waals surface area contributed by atoms with Crippen LogP contribution in [0.3, 0.4) is 0 Å². The minimum atomic E-state index is 0.201. The summed E-state index contributed by atoms with van der Waals surface area (Å²) < 4.78 is 0. The van der Waals surface area contributed by atoms with Gasteiger partial charge in [0, 0.05) is 31.1 Å². The number of rotatable bonds is 5. The molecule has 1 aromatic heterocycles. The van der Waals surface area contributed by atoms with E-state index >= 15 is 0 Å². The van der Waals surface area contributed by atoms with Gasteiger partial charge in [-0.2, -0.15) is 0 Å². The van der Waals surface area contributed by atoms with E-state index in [1.165, 1.54) is 5.56 Å². The monoisotopic (exact) mass is 194 g/mol. The van der Waals surface area contributed by atoms with E-state index in [1.807, 2.05) is 12.1 Å². The summed E-state index contributed by atoms with van der Waals surface area (Å²) in [5.41, 5.74) is 1.18. The Morgan fingerprint density at radius 1 is 1.36 bits per heavy atom. The molecule has 3 nitrogen and oxygen atoms in total. The maximum Gasteiger partial charge on any atom is 0.0449 e. The Labute approximate surface area is 85.2 Å². The molecule has 14 heavy (non-hydrogen) atoms. The fourth-order valence-electron chi connectivity index (χ4n) is 1.47. The predicted molar refractivity (Wildman–Crippen MR) is 57.0 cm³/mol. The van der Waals surface area contributed by atoms with Crippen molar-refractivity contribution in [2.75, 3.05) is 6.61 Å². The summed E-state index contributed by atoms with van der Waals surface area (Å²) in [5, 5.41) is 12.4. The highest BCUT2D eigenvalue weighted by Gasteiger charge is 2.10. The Hall–Kier alpha value is -0.930. The van der Waals surface area contributed by atoms with Gasteiger partial charge in [0.25, 0.3) is 0 Å². The highest BCUT2D eigenvalue weighted by atomic mass is 16.3. The van der Waals surface area contributed by atoms with Gasteiger partial charge in [0.1, 0.15) is 0 Å². The van der Waals surface area contributed by atoms with Crippen molar-refractivity contribution in [2.24, 2.45) is 0 Å². The molecule has 1 rings (SSSR count). The number of hydrogen-bond acceptors (Lipinski definition) is 3. The highest BCUT2D eigenvalue weighted by molar-refractivity contribution is 5.15. The number of aromatic nitrogens is 1. The average Bonchev–Trinajstić information content (AvgIpc) is 2.18. The predicted octanol–water partition coefficient (Wildman–Crippen LogP) is 1.50. The Morgan fingerprint density at radius 2 is 2.00 bits per heavy atom. The molecule has 1 aromatic rings. The molecular weight excluding hydrogens is 176 g/mol. The molecule has 0 radical (unpaired) electrons. The third-order valence-electron chi connectivity index (χ3n) is 2.06. The zero-order valence-electron chi connectivity index (χ0n) is 8.77. The van der Waals surface area contributed by atoms with Gasteiger partial charge < -0.3 is 10.4 Å². The van der Waals surface area contributed by atoms with Crippen molar-refractivity contribution in [1.82, 2.24) is 10.3 Å². The molecule has 0 saturated heterocycles. The van der Waals surface area contributed by atoms with Crippen LogP contribution in [-0.4, -0.2) is 22.7 Å². The van der Waals surface area contributed by atoms with E-state index in [-0.39, 0.29) is 12.6 Å². The molecule has 0 fully saturated rings. The summed E-state index contributed by atoms with van der Waals surface area (Å²) in [6, 6.07) is 4.61. The van der Waals surface area contributed by atoms with E-state index < -0.39 is 0 Å². The van der Waals surface area contributed by atoms with Crippen molar-refractivity contribution in [2.45, 2.75) is 32.4 Å². The standard InChI is InChI=1S/C11H18N2O/c1-9(2)13-11(5-8-14)10-3-6-12-7-4-10/h3-4,6-7,9,11,13-14H,5,8H2,1-2H3. The van der Waals surface area contributed by atoms with Crippen molar-refractivity contribution in [3.05, 3.63) is 30.1 Å². The first-order valence-electron chi connectivity index (χ1n) is 5.01. The first-order valence-corrected chi connectivity index (χ1v) is 5.01. The van der Waals surface area contributed by atoms with Crippen molar-refractivity contribution >= 4 is 0 Å². The molecule has 2 N–H and O–H groups in total. The normalized spacial score (nSPS) is 13.1. The van der Waals surface area contributed by atoms with Crippen LogP contribution in [0.4, 0.5) is 0 Å². The van der Waals surface area contributed by atoms with E-state index in [2.05, 4.69) is 24.1 Å². The average molecular weight is 194 g/mol. The lowest BCUT2D eigenvalue weighted by Crippen LogP contribution is -2.28. The summed E-state index contributed by atoms with van der Waals surface area (Å²) in [6.07, 6.45) is 4.30. The third-order valence-corrected chi connectivity index (χ3v) is 2.06. The van der Waals surface area contributed by atoms with Crippen LogP contribution < -0.4 is 5.32 Å². The van der Waals surface area contributed by atoms with Crippen LogP contribution in [-0.2, 0) is 0 Å². The zero-order chi connectivity index (χ0) is 10.4. The van der Waals surface area contributed by atoms with E-state index in [9.17, 15) is 0 Å². The summed E-state index contributed by atoms with van der Waals surface area (Å²) in [6.45, 7) is 4.41. The Kier molecular flexibility index (Phi) is 4.56. The van der Waals surface area contributed by atoms with Gasteiger partial charge in [0.15, 0.2) is 0 Å². The molecule has 0 amide bonds. The molecular formula is C11H18N2O. The van der Waals surface area contributed by atoms with Crippen LogP contribution in [0.1, 0.15) is 31.9 Å². The quantitative estimate of drug-likeness (QED) is 0.746. The summed E-state index contributed by atoms with van der Waals surface area (Å²) in [7, 11) is 0. The molecule has 0 aliphatic carbocycles. The van der Waals surface area contributed by atoms with Crippen molar-refractivity contribution < 1.29 is 5.11 Å². The van der Waals surface area contributed by atoms with Gasteiger partial charge in [-0.05, 0) is 24.1 Å². The summed E-state index contributed by atoms with van der Waals surface area (Å²) in [4.78, 5) is 3.98. The maximum atomic E-state index is 8.96. The number of hydrogen-bond donors (Lipinski definition) is 2. The molecule has 0 aliphatic rings. The molecule has 0 aliphatic heterocycles. The molecule has 78 valence electrons. The van der Waals surface area contributed by atoms with E-state index in [1.54, 1.807) is 12.4 Å². The van der Waals surface area contributed by atoms with Crippen LogP contribution in [0.25, 0.3) is 0 Å². The first kappa shape index (κ1) is 11.1. The largest absolute Gasteiger partial charge is 0.396 e. The van der Waals surface area contributed by atoms with Crippen molar-refractivity contribution in [3.8, 4) is 0 Å². The highest BCUT2D eigenvalue weighted by Crippen LogP contribution is 2.15. The molecule has 1 heterocycles. The second-order valence-electron chi connectivity index (χ2n) is 3.67. The summed E-state index contributed by atoms with van der Waals surface area (Å²) >= 11 is 0. The smallest absolute Gasteiger partial charge is 0.0449 e. The van der Waals surface area contributed by atoms with Gasteiger partial charge in [-0.3, -0.25) is 4.98 Å². The lowest BCUT2D eigenvalue weighted by Gasteiger charge is -2.20. The molecule has 1 unspecified atom stereocenters. The molecule has 0 bridgehead atoms. The second-order valence-corrected chi connectivity index (χ2v) is 3.67. The minimum Gasteiger partial charge on any atom is -0.396 e. The number of aliphatic hydroxyl groups excluding tert-OH is 1. The van der Waals surface area contributed by atoms with E-state index in [4.69, 9.17) is 5.11 Å². The van der Waals surface area contributed by atoms with E-state index in [0.29, 0.717) is 6.04 Å². The Bertz CT molecular complexity index is 249. The molecule has 3 heteroatoms. The number of nitrogens with zero attached hydrogens (tertiary/aromatic N) is 1. The van der Waals surface area contributed by atoms with E-state index in [0.717, 1.165) is 6.42 Å². The lowest BCUT2D eigenvalue weighted by atomic mass is 10.0. The Balaban J connectivity index is 2.67. The molecule has 1 atom stereocenters.